The van der Waals surface area contributed by atoms with Crippen LogP contribution in [-0.4, -0.2) is 25.0 Å². The van der Waals surface area contributed by atoms with E-state index in [1.807, 2.05) is 0 Å². The van der Waals surface area contributed by atoms with Gasteiger partial charge in [-0.1, -0.05) is 67.6 Å². The summed E-state index contributed by atoms with van der Waals surface area (Å²) in [6.45, 7) is 4.52. The summed E-state index contributed by atoms with van der Waals surface area (Å²) in [5, 5.41) is 0. The van der Waals surface area contributed by atoms with Crippen LogP contribution in [0.4, 0.5) is 0 Å². The number of rotatable bonds is 5. The molecule has 110 valence electrons. The first-order valence-electron chi connectivity index (χ1n) is 7.65. The van der Waals surface area contributed by atoms with Gasteiger partial charge in [-0.3, -0.25) is 0 Å². The van der Waals surface area contributed by atoms with Crippen molar-refractivity contribution in [3.8, 4) is 0 Å². The molecule has 0 aliphatic rings. The Labute approximate surface area is 128 Å². The van der Waals surface area contributed by atoms with Gasteiger partial charge < -0.3 is 4.90 Å². The topological polar surface area (TPSA) is 3.24 Å². The van der Waals surface area contributed by atoms with Gasteiger partial charge in [-0.2, -0.15) is 0 Å². The fraction of sp³-hybridized carbons (Fsp3) is 0.300. The molecule has 0 bridgehead atoms. The van der Waals surface area contributed by atoms with E-state index in [9.17, 15) is 0 Å². The Morgan fingerprint density at radius 3 is 1.76 bits per heavy atom. The van der Waals surface area contributed by atoms with E-state index in [1.165, 1.54) is 22.3 Å². The lowest BCUT2D eigenvalue weighted by Gasteiger charge is -2.27. The van der Waals surface area contributed by atoms with Crippen LogP contribution >= 0.6 is 0 Å². The molecule has 1 atom stereocenters. The maximum absolute atomic E-state index is 2.28. The summed E-state index contributed by atoms with van der Waals surface area (Å²) in [6, 6.07) is 21.9. The van der Waals surface area contributed by atoms with Crippen molar-refractivity contribution in [1.82, 2.24) is 4.90 Å². The number of hydrogen-bond acceptors (Lipinski definition) is 1. The third kappa shape index (κ3) is 3.62. The molecule has 0 aromatic heterocycles. The molecule has 1 unspecified atom stereocenters. The second-order valence-electron chi connectivity index (χ2n) is 5.62. The fourth-order valence-corrected chi connectivity index (χ4v) is 2.73. The Bertz CT molecular complexity index is 582. The van der Waals surface area contributed by atoms with Crippen molar-refractivity contribution in [2.75, 3.05) is 14.1 Å². The first-order chi connectivity index (χ1) is 10.1. The summed E-state index contributed by atoms with van der Waals surface area (Å²) < 4.78 is 0. The average molecular weight is 279 g/mol. The van der Waals surface area contributed by atoms with Gasteiger partial charge in [0.15, 0.2) is 0 Å². The molecule has 0 saturated heterocycles. The zero-order chi connectivity index (χ0) is 15.2. The van der Waals surface area contributed by atoms with Crippen molar-refractivity contribution in [1.29, 1.82) is 0 Å². The van der Waals surface area contributed by atoms with Gasteiger partial charge in [-0.15, -0.1) is 0 Å². The summed E-state index contributed by atoms with van der Waals surface area (Å²) in [5.74, 6) is 0. The van der Waals surface area contributed by atoms with Gasteiger partial charge in [0.1, 0.15) is 0 Å². The van der Waals surface area contributed by atoms with E-state index in [4.69, 9.17) is 0 Å². The summed E-state index contributed by atoms with van der Waals surface area (Å²) in [4.78, 5) is 2.28. The van der Waals surface area contributed by atoms with Crippen LogP contribution in [0.3, 0.4) is 0 Å². The van der Waals surface area contributed by atoms with E-state index in [-0.39, 0.29) is 0 Å². The highest BCUT2D eigenvalue weighted by Crippen LogP contribution is 2.32. The van der Waals surface area contributed by atoms with Crippen LogP contribution in [0, 0.1) is 0 Å². The number of nitrogens with zero attached hydrogens (tertiary/aromatic N) is 1. The van der Waals surface area contributed by atoms with Crippen molar-refractivity contribution in [2.45, 2.75) is 26.3 Å². The third-order valence-corrected chi connectivity index (χ3v) is 4.08. The van der Waals surface area contributed by atoms with Gasteiger partial charge >= 0.3 is 0 Å². The zero-order valence-electron chi connectivity index (χ0n) is 13.5. The van der Waals surface area contributed by atoms with Crippen molar-refractivity contribution in [2.24, 2.45) is 0 Å². The maximum Gasteiger partial charge on any atom is 0.0322 e. The van der Waals surface area contributed by atoms with Crippen LogP contribution in [-0.2, 0) is 0 Å². The molecule has 0 spiro atoms. The summed E-state index contributed by atoms with van der Waals surface area (Å²) >= 11 is 0. The Hall–Kier alpha value is -1.86. The molecular weight excluding hydrogens is 254 g/mol. The van der Waals surface area contributed by atoms with Crippen LogP contribution in [0.15, 0.2) is 60.7 Å². The van der Waals surface area contributed by atoms with Crippen molar-refractivity contribution >= 4 is 11.1 Å². The van der Waals surface area contributed by atoms with Crippen LogP contribution in [0.1, 0.15) is 31.4 Å². The van der Waals surface area contributed by atoms with E-state index in [0.717, 1.165) is 6.42 Å². The predicted molar refractivity (Wildman–Crippen MR) is 93.1 cm³/mol. The molecule has 0 amide bonds. The van der Waals surface area contributed by atoms with Gasteiger partial charge in [0.2, 0.25) is 0 Å². The molecule has 2 aromatic carbocycles. The first-order valence-corrected chi connectivity index (χ1v) is 7.65. The van der Waals surface area contributed by atoms with Crippen molar-refractivity contribution in [3.63, 3.8) is 0 Å². The largest absolute Gasteiger partial charge is 0.303 e. The number of benzene rings is 2. The van der Waals surface area contributed by atoms with Crippen molar-refractivity contribution < 1.29 is 0 Å². The summed E-state index contributed by atoms with van der Waals surface area (Å²) in [6.07, 6.45) is 1.03. The van der Waals surface area contributed by atoms with Gasteiger partial charge in [0, 0.05) is 6.04 Å². The quantitative estimate of drug-likeness (QED) is 0.699. The molecule has 0 fully saturated rings. The average Bonchev–Trinajstić information content (AvgIpc) is 2.53. The highest BCUT2D eigenvalue weighted by molar-refractivity contribution is 5.92. The SMILES string of the molecule is CC/C(=C(\c1ccccc1)C(C)N(C)C)c1ccccc1. The lowest BCUT2D eigenvalue weighted by atomic mass is 9.88. The Morgan fingerprint density at radius 1 is 0.857 bits per heavy atom. The molecule has 0 aliphatic heterocycles. The van der Waals surface area contributed by atoms with Gasteiger partial charge in [0.25, 0.3) is 0 Å². The monoisotopic (exact) mass is 279 g/mol. The molecule has 0 aliphatic carbocycles. The standard InChI is InChI=1S/C20H25N/c1-5-19(17-12-8-6-9-13-17)20(16(2)21(3)4)18-14-10-7-11-15-18/h6-16H,5H2,1-4H3/b20-19+. The number of allylic oxidation sites excluding steroid dienone is 1. The predicted octanol–water partition coefficient (Wildman–Crippen LogP) is 4.96. The molecular formula is C20H25N. The fourth-order valence-electron chi connectivity index (χ4n) is 2.73. The Morgan fingerprint density at radius 2 is 1.33 bits per heavy atom. The third-order valence-electron chi connectivity index (χ3n) is 4.08. The summed E-state index contributed by atoms with van der Waals surface area (Å²) in [7, 11) is 4.29. The smallest absolute Gasteiger partial charge is 0.0322 e. The van der Waals surface area contributed by atoms with Gasteiger partial charge in [0.05, 0.1) is 0 Å². The van der Waals surface area contributed by atoms with Crippen LogP contribution in [0.2, 0.25) is 0 Å². The van der Waals surface area contributed by atoms with E-state index in [1.54, 1.807) is 0 Å². The second-order valence-corrected chi connectivity index (χ2v) is 5.62. The first kappa shape index (κ1) is 15.5. The van der Waals surface area contributed by atoms with Crippen molar-refractivity contribution in [3.05, 3.63) is 71.8 Å². The van der Waals surface area contributed by atoms with E-state index < -0.39 is 0 Å². The maximum atomic E-state index is 2.28. The van der Waals surface area contributed by atoms with Gasteiger partial charge in [-0.25, -0.2) is 0 Å². The zero-order valence-corrected chi connectivity index (χ0v) is 13.5. The van der Waals surface area contributed by atoms with Crippen LogP contribution in [0.25, 0.3) is 11.1 Å². The molecule has 1 heteroatoms. The number of likely N-dealkylation sites (N-methyl/N-ethyl adjacent to an activating group) is 1. The highest BCUT2D eigenvalue weighted by Gasteiger charge is 2.18. The second kappa shape index (κ2) is 7.24. The van der Waals surface area contributed by atoms with E-state index in [0.29, 0.717) is 6.04 Å². The number of hydrogen-bond donors (Lipinski definition) is 0. The Kier molecular flexibility index (Phi) is 5.35. The lowest BCUT2D eigenvalue weighted by Crippen LogP contribution is -2.26. The Balaban J connectivity index is 2.64. The normalized spacial score (nSPS) is 14.0. The molecule has 0 radical (unpaired) electrons. The molecule has 1 nitrogen and oxygen atoms in total. The molecule has 0 saturated carbocycles. The van der Waals surface area contributed by atoms with E-state index >= 15 is 0 Å². The molecule has 0 heterocycles. The molecule has 2 rings (SSSR count). The van der Waals surface area contributed by atoms with Crippen LogP contribution in [0.5, 0.6) is 0 Å². The minimum atomic E-state index is 0.377. The van der Waals surface area contributed by atoms with E-state index in [2.05, 4.69) is 93.5 Å². The summed E-state index contributed by atoms with van der Waals surface area (Å²) in [5.41, 5.74) is 5.50. The highest BCUT2D eigenvalue weighted by atomic mass is 15.1. The minimum absolute atomic E-state index is 0.377. The van der Waals surface area contributed by atoms with Gasteiger partial charge in [-0.05, 0) is 49.7 Å². The molecule has 2 aromatic rings. The molecule has 0 N–H and O–H groups in total. The lowest BCUT2D eigenvalue weighted by molar-refractivity contribution is 0.373. The van der Waals surface area contributed by atoms with Crippen LogP contribution < -0.4 is 0 Å². The molecule has 21 heavy (non-hydrogen) atoms. The minimum Gasteiger partial charge on any atom is -0.303 e.